The van der Waals surface area contributed by atoms with Crippen molar-refractivity contribution < 1.29 is 31.3 Å². The molecule has 0 saturated carbocycles. The Kier molecular flexibility index (Phi) is 6.58. The van der Waals surface area contributed by atoms with Gasteiger partial charge >= 0.3 is 0 Å². The normalized spacial score (nSPS) is 14.6. The summed E-state index contributed by atoms with van der Waals surface area (Å²) in [7, 11) is 0. The second-order valence-electron chi connectivity index (χ2n) is 12.7. The van der Waals surface area contributed by atoms with Crippen LogP contribution in [-0.2, 0) is 31.9 Å². The van der Waals surface area contributed by atoms with Crippen LogP contribution in [0.4, 0.5) is 0 Å². The summed E-state index contributed by atoms with van der Waals surface area (Å²) in [5.41, 5.74) is 6.50. The molecule has 8 bridgehead atoms. The molecule has 0 atom stereocenters. The van der Waals surface area contributed by atoms with Crippen LogP contribution in [-0.4, -0.2) is 29.3 Å². The fourth-order valence-corrected chi connectivity index (χ4v) is 6.97. The summed E-state index contributed by atoms with van der Waals surface area (Å²) in [6.07, 6.45) is 0. The van der Waals surface area contributed by atoms with Gasteiger partial charge in [0.1, 0.15) is 34.2 Å². The summed E-state index contributed by atoms with van der Waals surface area (Å²) >= 11 is 0. The number of benzene rings is 5. The van der Waals surface area contributed by atoms with Gasteiger partial charge in [0.2, 0.25) is 0 Å². The molecule has 0 aliphatic carbocycles. The van der Waals surface area contributed by atoms with E-state index in [2.05, 4.69) is 73.2 Å². The van der Waals surface area contributed by atoms with Gasteiger partial charge in [-0.05, 0) is 64.1 Å². The van der Waals surface area contributed by atoms with E-state index in [1.54, 1.807) is 0 Å². The molecule has 0 saturated heterocycles. The number of imidazole rings is 2. The third-order valence-electron chi connectivity index (χ3n) is 9.31. The molecule has 8 rings (SSSR count). The zero-order valence-electron chi connectivity index (χ0n) is 25.4. The SMILES string of the molecule is CC1(C)c2cccc(c2O)-c2cccc(c2O)C(C)(C)c2nc3c4nc1n(-c1ccccc1)c4ccc3n2-c1ccccc1.[Pt]. The minimum Gasteiger partial charge on any atom is -0.507 e. The number of phenolic OH excluding ortho intramolecular Hbond substituents is 2. The van der Waals surface area contributed by atoms with Crippen LogP contribution in [0.2, 0.25) is 0 Å². The summed E-state index contributed by atoms with van der Waals surface area (Å²) in [4.78, 5) is 10.8. The van der Waals surface area contributed by atoms with E-state index in [4.69, 9.17) is 9.97 Å². The van der Waals surface area contributed by atoms with Gasteiger partial charge in [-0.25, -0.2) is 9.97 Å². The van der Waals surface area contributed by atoms with Gasteiger partial charge in [0, 0.05) is 54.7 Å². The largest absolute Gasteiger partial charge is 0.507 e. The Morgan fingerprint density at radius 1 is 0.489 bits per heavy atom. The van der Waals surface area contributed by atoms with Gasteiger partial charge in [0.15, 0.2) is 0 Å². The molecule has 7 aromatic rings. The third kappa shape index (κ3) is 4.05. The van der Waals surface area contributed by atoms with Gasteiger partial charge in [-0.1, -0.05) is 72.8 Å². The number of hydrogen-bond acceptors (Lipinski definition) is 4. The van der Waals surface area contributed by atoms with E-state index in [1.807, 2.05) is 72.8 Å². The standard InChI is InChI=1S/C38H32N4O2.Pt/c1-37(2)27-19-11-17-25(33(27)43)26-18-12-20-28(34(26)44)38(3,4)36-40-32-30(42(36)24-15-9-6-10-16-24)22-21-29-31(32)39-35(37)41(29)23-13-7-5-8-14-23;/h5-22,43-44H,1-4H3;. The van der Waals surface area contributed by atoms with Gasteiger partial charge in [0.05, 0.1) is 21.9 Å². The van der Waals surface area contributed by atoms with Crippen molar-refractivity contribution in [3.05, 3.63) is 132 Å². The third-order valence-corrected chi connectivity index (χ3v) is 9.31. The Labute approximate surface area is 275 Å². The first-order valence-electron chi connectivity index (χ1n) is 14.9. The molecule has 5 aromatic carbocycles. The Bertz CT molecular complexity index is 2090. The molecule has 7 heteroatoms. The van der Waals surface area contributed by atoms with Crippen molar-refractivity contribution in [3.8, 4) is 34.0 Å². The Balaban J connectivity index is 0.00000325. The smallest absolute Gasteiger partial charge is 0.127 e. The summed E-state index contributed by atoms with van der Waals surface area (Å²) < 4.78 is 4.37. The molecule has 2 aromatic heterocycles. The molecule has 0 radical (unpaired) electrons. The van der Waals surface area contributed by atoms with Crippen molar-refractivity contribution in [2.24, 2.45) is 0 Å². The maximum absolute atomic E-state index is 11.9. The quantitative estimate of drug-likeness (QED) is 0.185. The average molecular weight is 772 g/mol. The molecule has 2 N–H and O–H groups in total. The van der Waals surface area contributed by atoms with E-state index in [1.165, 1.54) is 0 Å². The average Bonchev–Trinajstić information content (AvgIpc) is 3.62. The molecular formula is C38H32N4O2Pt. The van der Waals surface area contributed by atoms with Crippen molar-refractivity contribution in [1.29, 1.82) is 0 Å². The Morgan fingerprint density at radius 3 is 1.24 bits per heavy atom. The van der Waals surface area contributed by atoms with Gasteiger partial charge in [-0.15, -0.1) is 0 Å². The maximum atomic E-state index is 11.9. The van der Waals surface area contributed by atoms with E-state index < -0.39 is 10.8 Å². The summed E-state index contributed by atoms with van der Waals surface area (Å²) in [6, 6.07) is 36.2. The van der Waals surface area contributed by atoms with Crippen LogP contribution in [0.3, 0.4) is 0 Å². The van der Waals surface area contributed by atoms with Crippen molar-refractivity contribution in [2.45, 2.75) is 38.5 Å². The molecule has 0 fully saturated rings. The van der Waals surface area contributed by atoms with Crippen molar-refractivity contribution in [2.75, 3.05) is 0 Å². The zero-order valence-corrected chi connectivity index (χ0v) is 27.7. The second kappa shape index (κ2) is 10.2. The van der Waals surface area contributed by atoms with E-state index in [9.17, 15) is 10.2 Å². The molecule has 0 amide bonds. The number of fused-ring (bicyclic) bond motifs is 7. The number of hydrogen-bond donors (Lipinski definition) is 2. The molecule has 45 heavy (non-hydrogen) atoms. The van der Waals surface area contributed by atoms with E-state index in [0.717, 1.165) is 56.2 Å². The Morgan fingerprint density at radius 2 is 0.867 bits per heavy atom. The van der Waals surface area contributed by atoms with Crippen molar-refractivity contribution in [1.82, 2.24) is 19.1 Å². The number of aromatic hydroxyl groups is 2. The van der Waals surface area contributed by atoms with Crippen LogP contribution >= 0.6 is 0 Å². The molecule has 6 nitrogen and oxygen atoms in total. The molecule has 3 heterocycles. The fourth-order valence-electron chi connectivity index (χ4n) is 6.97. The van der Waals surface area contributed by atoms with Crippen molar-refractivity contribution >= 4 is 22.1 Å². The first kappa shape index (κ1) is 29.1. The van der Waals surface area contributed by atoms with Gasteiger partial charge in [-0.2, -0.15) is 0 Å². The Hall–Kier alpha value is -4.67. The molecule has 1 aliphatic rings. The molecular weight excluding hydrogens is 740 g/mol. The monoisotopic (exact) mass is 771 g/mol. The first-order chi connectivity index (χ1) is 21.2. The number of phenols is 2. The predicted octanol–water partition coefficient (Wildman–Crippen LogP) is 8.41. The topological polar surface area (TPSA) is 76.1 Å². The maximum Gasteiger partial charge on any atom is 0.127 e. The van der Waals surface area contributed by atoms with E-state index >= 15 is 0 Å². The van der Waals surface area contributed by atoms with Gasteiger partial charge in [-0.3, -0.25) is 9.13 Å². The van der Waals surface area contributed by atoms with Crippen molar-refractivity contribution in [3.63, 3.8) is 0 Å². The number of aromatic nitrogens is 4. The molecule has 1 aliphatic heterocycles. The van der Waals surface area contributed by atoms with Gasteiger partial charge < -0.3 is 10.2 Å². The summed E-state index contributed by atoms with van der Waals surface area (Å²) in [5.74, 6) is 1.82. The number of nitrogens with zero attached hydrogens (tertiary/aromatic N) is 4. The molecule has 0 unspecified atom stereocenters. The van der Waals surface area contributed by atoms with Crippen LogP contribution < -0.4 is 0 Å². The zero-order chi connectivity index (χ0) is 30.4. The van der Waals surface area contributed by atoms with E-state index in [-0.39, 0.29) is 32.6 Å². The number of para-hydroxylation sites is 4. The van der Waals surface area contributed by atoms with Crippen LogP contribution in [0.5, 0.6) is 11.5 Å². The first-order valence-corrected chi connectivity index (χ1v) is 14.9. The van der Waals surface area contributed by atoms with Crippen LogP contribution in [0.25, 0.3) is 44.6 Å². The van der Waals surface area contributed by atoms with Crippen LogP contribution in [0.1, 0.15) is 50.5 Å². The summed E-state index contributed by atoms with van der Waals surface area (Å²) in [6.45, 7) is 8.34. The van der Waals surface area contributed by atoms with Gasteiger partial charge in [0.25, 0.3) is 0 Å². The molecule has 226 valence electrons. The van der Waals surface area contributed by atoms with Crippen LogP contribution in [0.15, 0.2) is 109 Å². The minimum absolute atomic E-state index is 0. The van der Waals surface area contributed by atoms with E-state index in [0.29, 0.717) is 11.1 Å². The van der Waals surface area contributed by atoms with Crippen LogP contribution in [0, 0.1) is 0 Å². The minimum atomic E-state index is -0.733. The fraction of sp³-hybridized carbons (Fsp3) is 0.158. The summed E-state index contributed by atoms with van der Waals surface area (Å²) in [5, 5.41) is 23.9. The number of rotatable bonds is 2. The second-order valence-corrected chi connectivity index (χ2v) is 12.7. The molecule has 0 spiro atoms. The predicted molar refractivity (Wildman–Crippen MR) is 175 cm³/mol.